The van der Waals surface area contributed by atoms with Crippen LogP contribution in [-0.4, -0.2) is 23.9 Å². The third-order valence-electron chi connectivity index (χ3n) is 3.39. The lowest BCUT2D eigenvalue weighted by Crippen LogP contribution is -2.31. The fraction of sp³-hybridized carbons (Fsp3) is 0.571. The van der Waals surface area contributed by atoms with E-state index in [4.69, 9.17) is 4.74 Å². The molecule has 88 valence electrons. The summed E-state index contributed by atoms with van der Waals surface area (Å²) in [5.41, 5.74) is 2.43. The molecule has 2 nitrogen and oxygen atoms in total. The first-order chi connectivity index (χ1) is 7.66. The van der Waals surface area contributed by atoms with Gasteiger partial charge in [0, 0.05) is 13.0 Å². The fourth-order valence-corrected chi connectivity index (χ4v) is 2.29. The molecule has 16 heavy (non-hydrogen) atoms. The first-order valence-corrected chi connectivity index (χ1v) is 6.02. The second-order valence-corrected chi connectivity index (χ2v) is 4.86. The van der Waals surface area contributed by atoms with Gasteiger partial charge in [0.15, 0.2) is 0 Å². The summed E-state index contributed by atoms with van der Waals surface area (Å²) in [6, 6.07) is 8.33. The summed E-state index contributed by atoms with van der Waals surface area (Å²) in [6.07, 6.45) is 1.40. The average Bonchev–Trinajstić information content (AvgIpc) is 2.68. The smallest absolute Gasteiger partial charge is 0.0863 e. The molecule has 0 saturated carbocycles. The van der Waals surface area contributed by atoms with Crippen LogP contribution in [0.5, 0.6) is 0 Å². The Morgan fingerprint density at radius 3 is 2.62 bits per heavy atom. The van der Waals surface area contributed by atoms with E-state index in [0.717, 1.165) is 13.0 Å². The first-order valence-electron chi connectivity index (χ1n) is 6.02. The van der Waals surface area contributed by atoms with Crippen LogP contribution in [0.3, 0.4) is 0 Å². The molecule has 0 aromatic heterocycles. The summed E-state index contributed by atoms with van der Waals surface area (Å²) in [5.74, 6) is 0.473. The molecule has 2 heteroatoms. The molecule has 2 rings (SSSR count). The molecular weight excluding hydrogens is 200 g/mol. The molecule has 3 atom stereocenters. The Morgan fingerprint density at radius 2 is 2.06 bits per heavy atom. The van der Waals surface area contributed by atoms with Crippen molar-refractivity contribution in [1.82, 2.24) is 0 Å². The Bertz CT molecular complexity index is 331. The molecule has 1 heterocycles. The van der Waals surface area contributed by atoms with Crippen LogP contribution in [-0.2, 0) is 11.2 Å². The Morgan fingerprint density at radius 1 is 1.38 bits per heavy atom. The van der Waals surface area contributed by atoms with Gasteiger partial charge in [-0.1, -0.05) is 36.8 Å². The van der Waals surface area contributed by atoms with E-state index in [2.05, 4.69) is 38.1 Å². The second-order valence-electron chi connectivity index (χ2n) is 4.86. The van der Waals surface area contributed by atoms with E-state index in [1.54, 1.807) is 0 Å². The van der Waals surface area contributed by atoms with E-state index in [1.165, 1.54) is 11.1 Å². The van der Waals surface area contributed by atoms with Gasteiger partial charge in [-0.25, -0.2) is 0 Å². The fourth-order valence-electron chi connectivity index (χ4n) is 2.29. The van der Waals surface area contributed by atoms with Gasteiger partial charge in [0.2, 0.25) is 0 Å². The Kier molecular flexibility index (Phi) is 3.62. The number of hydrogen-bond acceptors (Lipinski definition) is 2. The lowest BCUT2D eigenvalue weighted by Gasteiger charge is -2.21. The van der Waals surface area contributed by atoms with Crippen LogP contribution in [0, 0.1) is 12.8 Å². The van der Waals surface area contributed by atoms with E-state index in [1.807, 2.05) is 0 Å². The van der Waals surface area contributed by atoms with Crippen molar-refractivity contribution in [3.8, 4) is 0 Å². The van der Waals surface area contributed by atoms with Crippen molar-refractivity contribution >= 4 is 0 Å². The van der Waals surface area contributed by atoms with Gasteiger partial charge in [-0.3, -0.25) is 0 Å². The van der Waals surface area contributed by atoms with E-state index in [-0.39, 0.29) is 12.2 Å². The van der Waals surface area contributed by atoms with E-state index >= 15 is 0 Å². The average molecular weight is 220 g/mol. The zero-order chi connectivity index (χ0) is 11.5. The van der Waals surface area contributed by atoms with Crippen LogP contribution in [0.15, 0.2) is 24.3 Å². The Balaban J connectivity index is 1.96. The monoisotopic (exact) mass is 220 g/mol. The molecule has 1 fully saturated rings. The van der Waals surface area contributed by atoms with Gasteiger partial charge in [-0.2, -0.15) is 0 Å². The third-order valence-corrected chi connectivity index (χ3v) is 3.39. The molecule has 1 aromatic rings. The summed E-state index contributed by atoms with van der Waals surface area (Å²) in [7, 11) is 0. The molecule has 1 N–H and O–H groups in total. The zero-order valence-electron chi connectivity index (χ0n) is 10.0. The highest BCUT2D eigenvalue weighted by molar-refractivity contribution is 5.22. The molecule has 1 aliphatic heterocycles. The maximum absolute atomic E-state index is 10.1. The normalized spacial score (nSPS) is 26.9. The van der Waals surface area contributed by atoms with Gasteiger partial charge in [0.25, 0.3) is 0 Å². The molecule has 0 amide bonds. The maximum atomic E-state index is 10.1. The highest BCUT2D eigenvalue weighted by Gasteiger charge is 2.30. The quantitative estimate of drug-likeness (QED) is 0.847. The molecular formula is C14H20O2. The van der Waals surface area contributed by atoms with E-state index in [9.17, 15) is 5.11 Å². The maximum Gasteiger partial charge on any atom is 0.0863 e. The zero-order valence-corrected chi connectivity index (χ0v) is 10.0. The summed E-state index contributed by atoms with van der Waals surface area (Å²) in [5, 5.41) is 10.1. The Hall–Kier alpha value is -0.860. The van der Waals surface area contributed by atoms with Crippen molar-refractivity contribution in [2.45, 2.75) is 38.9 Å². The van der Waals surface area contributed by atoms with Crippen molar-refractivity contribution in [1.29, 1.82) is 0 Å². The molecule has 1 aliphatic rings. The minimum atomic E-state index is -0.375. The highest BCUT2D eigenvalue weighted by atomic mass is 16.5. The number of hydrogen-bond donors (Lipinski definition) is 1. The second kappa shape index (κ2) is 4.98. The van der Waals surface area contributed by atoms with Crippen LogP contribution in [0.1, 0.15) is 24.5 Å². The number of aliphatic hydroxyl groups excluding tert-OH is 1. The van der Waals surface area contributed by atoms with Crippen molar-refractivity contribution in [3.63, 3.8) is 0 Å². The van der Waals surface area contributed by atoms with Crippen molar-refractivity contribution in [3.05, 3.63) is 35.4 Å². The van der Waals surface area contributed by atoms with Gasteiger partial charge in [-0.05, 0) is 24.8 Å². The number of aryl methyl sites for hydroxylation is 1. The third kappa shape index (κ3) is 2.63. The van der Waals surface area contributed by atoms with Gasteiger partial charge in [0.1, 0.15) is 0 Å². The Labute approximate surface area is 97.3 Å². The van der Waals surface area contributed by atoms with Crippen LogP contribution >= 0.6 is 0 Å². The minimum absolute atomic E-state index is 0.0151. The number of ether oxygens (including phenoxy) is 1. The van der Waals surface area contributed by atoms with Crippen molar-refractivity contribution in [2.75, 3.05) is 6.61 Å². The van der Waals surface area contributed by atoms with E-state index in [0.29, 0.717) is 12.3 Å². The topological polar surface area (TPSA) is 29.5 Å². The summed E-state index contributed by atoms with van der Waals surface area (Å²) >= 11 is 0. The SMILES string of the molecule is Cc1ccc(CC(O)C2OCCC2C)cc1. The molecule has 1 aromatic carbocycles. The van der Waals surface area contributed by atoms with Gasteiger partial charge < -0.3 is 9.84 Å². The highest BCUT2D eigenvalue weighted by Crippen LogP contribution is 2.24. The van der Waals surface area contributed by atoms with Gasteiger partial charge in [-0.15, -0.1) is 0 Å². The van der Waals surface area contributed by atoms with Crippen LogP contribution in [0.2, 0.25) is 0 Å². The van der Waals surface area contributed by atoms with Crippen molar-refractivity contribution in [2.24, 2.45) is 5.92 Å². The van der Waals surface area contributed by atoms with Crippen LogP contribution in [0.25, 0.3) is 0 Å². The molecule has 0 spiro atoms. The predicted octanol–water partition coefficient (Wildman–Crippen LogP) is 2.32. The molecule has 1 saturated heterocycles. The molecule has 0 aliphatic carbocycles. The lowest BCUT2D eigenvalue weighted by molar-refractivity contribution is -0.0157. The predicted molar refractivity (Wildman–Crippen MR) is 64.4 cm³/mol. The summed E-state index contributed by atoms with van der Waals surface area (Å²) < 4.78 is 5.57. The molecule has 3 unspecified atom stereocenters. The lowest BCUT2D eigenvalue weighted by atomic mass is 9.95. The number of aliphatic hydroxyl groups is 1. The molecule has 0 radical (unpaired) electrons. The number of rotatable bonds is 3. The van der Waals surface area contributed by atoms with Gasteiger partial charge in [0.05, 0.1) is 12.2 Å². The minimum Gasteiger partial charge on any atom is -0.390 e. The standard InChI is InChI=1S/C14H20O2/c1-10-3-5-12(6-4-10)9-13(15)14-11(2)7-8-16-14/h3-6,11,13-15H,7-9H2,1-2H3. The van der Waals surface area contributed by atoms with E-state index < -0.39 is 0 Å². The van der Waals surface area contributed by atoms with Crippen molar-refractivity contribution < 1.29 is 9.84 Å². The van der Waals surface area contributed by atoms with Crippen LogP contribution < -0.4 is 0 Å². The van der Waals surface area contributed by atoms with Crippen LogP contribution in [0.4, 0.5) is 0 Å². The summed E-state index contributed by atoms with van der Waals surface area (Å²) in [6.45, 7) is 5.01. The largest absolute Gasteiger partial charge is 0.390 e. The molecule has 0 bridgehead atoms. The number of benzene rings is 1. The first kappa shape index (κ1) is 11.6. The summed E-state index contributed by atoms with van der Waals surface area (Å²) in [4.78, 5) is 0. The van der Waals surface area contributed by atoms with Gasteiger partial charge >= 0.3 is 0 Å².